The Morgan fingerprint density at radius 2 is 2.00 bits per heavy atom. The molecule has 1 aliphatic rings. The lowest BCUT2D eigenvalue weighted by Crippen LogP contribution is -2.36. The number of esters is 1. The fourth-order valence-electron chi connectivity index (χ4n) is 2.51. The maximum absolute atomic E-state index is 12.1. The Morgan fingerprint density at radius 1 is 1.24 bits per heavy atom. The van der Waals surface area contributed by atoms with Crippen molar-refractivity contribution in [1.82, 2.24) is 5.32 Å². The number of morpholine rings is 1. The van der Waals surface area contributed by atoms with E-state index in [9.17, 15) is 9.59 Å². The molecule has 1 aromatic rings. The second-order valence-corrected chi connectivity index (χ2v) is 5.54. The average molecular weight is 351 g/mol. The molecule has 8 heteroatoms. The standard InChI is InChI=1S/C17H25N3O5/c1-23-8-5-18-12-16(21)19-15-4-3-13(11-14(15)17(22)24-2)20-6-9-25-10-7-20/h3-4,11,18H,5-10,12H2,1-2H3,(H,19,21). The first kappa shape index (κ1) is 19.2. The number of carbonyl (C=O) groups is 2. The second kappa shape index (κ2) is 9.97. The van der Waals surface area contributed by atoms with Crippen LogP contribution < -0.4 is 15.5 Å². The van der Waals surface area contributed by atoms with Crippen LogP contribution in [0.5, 0.6) is 0 Å². The van der Waals surface area contributed by atoms with E-state index in [-0.39, 0.29) is 12.5 Å². The van der Waals surface area contributed by atoms with Gasteiger partial charge >= 0.3 is 5.97 Å². The number of hydrogen-bond donors (Lipinski definition) is 2. The maximum atomic E-state index is 12.1. The number of methoxy groups -OCH3 is 2. The highest BCUT2D eigenvalue weighted by atomic mass is 16.5. The van der Waals surface area contributed by atoms with Gasteiger partial charge in [0.15, 0.2) is 0 Å². The van der Waals surface area contributed by atoms with Gasteiger partial charge in [-0.25, -0.2) is 4.79 Å². The van der Waals surface area contributed by atoms with Gasteiger partial charge in [-0.1, -0.05) is 0 Å². The summed E-state index contributed by atoms with van der Waals surface area (Å²) in [6, 6.07) is 5.35. The van der Waals surface area contributed by atoms with Gasteiger partial charge in [0.1, 0.15) is 0 Å². The largest absolute Gasteiger partial charge is 0.465 e. The predicted octanol–water partition coefficient (Wildman–Crippen LogP) is 0.484. The third kappa shape index (κ3) is 5.70. The maximum Gasteiger partial charge on any atom is 0.340 e. The fraction of sp³-hybridized carbons (Fsp3) is 0.529. The van der Waals surface area contributed by atoms with Gasteiger partial charge in [0.2, 0.25) is 5.91 Å². The van der Waals surface area contributed by atoms with E-state index < -0.39 is 5.97 Å². The van der Waals surface area contributed by atoms with Gasteiger partial charge in [0, 0.05) is 32.4 Å². The van der Waals surface area contributed by atoms with E-state index in [4.69, 9.17) is 14.2 Å². The molecule has 0 saturated carbocycles. The van der Waals surface area contributed by atoms with Gasteiger partial charge in [-0.3, -0.25) is 4.79 Å². The van der Waals surface area contributed by atoms with Crippen molar-refractivity contribution in [3.8, 4) is 0 Å². The topological polar surface area (TPSA) is 89.1 Å². The number of nitrogens with one attached hydrogen (secondary N) is 2. The number of rotatable bonds is 8. The summed E-state index contributed by atoms with van der Waals surface area (Å²) < 4.78 is 15.1. The normalized spacial score (nSPS) is 14.2. The SMILES string of the molecule is COCCNCC(=O)Nc1ccc(N2CCOCC2)cc1C(=O)OC. The van der Waals surface area contributed by atoms with Crippen molar-refractivity contribution in [2.45, 2.75) is 0 Å². The molecule has 0 aromatic heterocycles. The van der Waals surface area contributed by atoms with E-state index in [0.717, 1.165) is 18.8 Å². The summed E-state index contributed by atoms with van der Waals surface area (Å²) in [6.45, 7) is 4.05. The minimum Gasteiger partial charge on any atom is -0.465 e. The van der Waals surface area contributed by atoms with E-state index in [2.05, 4.69) is 15.5 Å². The zero-order valence-electron chi connectivity index (χ0n) is 14.7. The van der Waals surface area contributed by atoms with E-state index in [1.807, 2.05) is 6.07 Å². The summed E-state index contributed by atoms with van der Waals surface area (Å²) in [5.74, 6) is -0.724. The van der Waals surface area contributed by atoms with Gasteiger partial charge in [-0.15, -0.1) is 0 Å². The van der Waals surface area contributed by atoms with Gasteiger partial charge in [0.25, 0.3) is 0 Å². The Hall–Kier alpha value is -2.16. The third-order valence-corrected chi connectivity index (χ3v) is 3.83. The van der Waals surface area contributed by atoms with Crippen LogP contribution in [0.15, 0.2) is 18.2 Å². The smallest absolute Gasteiger partial charge is 0.340 e. The number of benzene rings is 1. The van der Waals surface area contributed by atoms with Gasteiger partial charge in [-0.05, 0) is 18.2 Å². The molecule has 1 aliphatic heterocycles. The minimum absolute atomic E-state index is 0.134. The number of carbonyl (C=O) groups excluding carboxylic acids is 2. The zero-order chi connectivity index (χ0) is 18.1. The molecule has 1 amide bonds. The van der Waals surface area contributed by atoms with Gasteiger partial charge in [-0.2, -0.15) is 0 Å². The summed E-state index contributed by atoms with van der Waals surface area (Å²) in [4.78, 5) is 26.3. The summed E-state index contributed by atoms with van der Waals surface area (Å²) in [5.41, 5.74) is 1.67. The minimum atomic E-state index is -0.488. The predicted molar refractivity (Wildman–Crippen MR) is 94.2 cm³/mol. The molecular weight excluding hydrogens is 326 g/mol. The molecule has 0 bridgehead atoms. The molecule has 2 N–H and O–H groups in total. The first-order valence-corrected chi connectivity index (χ1v) is 8.20. The molecule has 138 valence electrons. The van der Waals surface area contributed by atoms with E-state index in [0.29, 0.717) is 37.6 Å². The summed E-state index contributed by atoms with van der Waals surface area (Å²) in [6.07, 6.45) is 0. The molecule has 0 unspecified atom stereocenters. The van der Waals surface area contributed by atoms with Gasteiger partial charge < -0.3 is 29.7 Å². The van der Waals surface area contributed by atoms with E-state index >= 15 is 0 Å². The Morgan fingerprint density at radius 3 is 2.68 bits per heavy atom. The summed E-state index contributed by atoms with van der Waals surface area (Å²) in [5, 5.41) is 5.70. The molecule has 1 aromatic carbocycles. The lowest BCUT2D eigenvalue weighted by atomic mass is 10.1. The molecule has 1 saturated heterocycles. The highest BCUT2D eigenvalue weighted by Gasteiger charge is 2.18. The third-order valence-electron chi connectivity index (χ3n) is 3.83. The Bertz CT molecular complexity index is 588. The van der Waals surface area contributed by atoms with Crippen LogP contribution in [0.3, 0.4) is 0 Å². The molecule has 1 heterocycles. The Labute approximate surface area is 147 Å². The molecule has 2 rings (SSSR count). The molecular formula is C17H25N3O5. The quantitative estimate of drug-likeness (QED) is 0.520. The van der Waals surface area contributed by atoms with Crippen LogP contribution in [-0.2, 0) is 19.0 Å². The highest BCUT2D eigenvalue weighted by molar-refractivity contribution is 6.02. The van der Waals surface area contributed by atoms with Crippen LogP contribution in [0.25, 0.3) is 0 Å². The van der Waals surface area contributed by atoms with Crippen LogP contribution >= 0.6 is 0 Å². The second-order valence-electron chi connectivity index (χ2n) is 5.54. The number of hydrogen-bond acceptors (Lipinski definition) is 7. The van der Waals surface area contributed by atoms with Crippen molar-refractivity contribution >= 4 is 23.3 Å². The molecule has 0 spiro atoms. The summed E-state index contributed by atoms with van der Waals surface area (Å²) in [7, 11) is 2.92. The lowest BCUT2D eigenvalue weighted by molar-refractivity contribution is -0.115. The van der Waals surface area contributed by atoms with Crippen LogP contribution in [0.2, 0.25) is 0 Å². The molecule has 0 radical (unpaired) electrons. The van der Waals surface area contributed by atoms with Crippen molar-refractivity contribution in [3.05, 3.63) is 23.8 Å². The fourth-order valence-corrected chi connectivity index (χ4v) is 2.51. The molecule has 1 fully saturated rings. The first-order valence-electron chi connectivity index (χ1n) is 8.20. The molecule has 0 atom stereocenters. The number of amides is 1. The van der Waals surface area contributed by atoms with Crippen molar-refractivity contribution in [2.75, 3.05) is 70.4 Å². The molecule has 0 aliphatic carbocycles. The molecule has 8 nitrogen and oxygen atoms in total. The van der Waals surface area contributed by atoms with Crippen molar-refractivity contribution in [2.24, 2.45) is 0 Å². The van der Waals surface area contributed by atoms with Crippen molar-refractivity contribution in [1.29, 1.82) is 0 Å². The highest BCUT2D eigenvalue weighted by Crippen LogP contribution is 2.25. The average Bonchev–Trinajstić information content (AvgIpc) is 2.65. The molecule has 25 heavy (non-hydrogen) atoms. The van der Waals surface area contributed by atoms with E-state index in [1.165, 1.54) is 7.11 Å². The Kier molecular flexibility index (Phi) is 7.65. The number of ether oxygens (including phenoxy) is 3. The van der Waals surface area contributed by atoms with Crippen LogP contribution in [0.4, 0.5) is 11.4 Å². The van der Waals surface area contributed by atoms with E-state index in [1.54, 1.807) is 19.2 Å². The van der Waals surface area contributed by atoms with Crippen LogP contribution in [-0.4, -0.2) is 72.1 Å². The first-order chi connectivity index (χ1) is 12.2. The van der Waals surface area contributed by atoms with Crippen LogP contribution in [0, 0.1) is 0 Å². The van der Waals surface area contributed by atoms with Crippen molar-refractivity contribution in [3.63, 3.8) is 0 Å². The monoisotopic (exact) mass is 351 g/mol. The number of anilines is 2. The summed E-state index contributed by atoms with van der Waals surface area (Å²) >= 11 is 0. The van der Waals surface area contributed by atoms with Crippen LogP contribution in [0.1, 0.15) is 10.4 Å². The zero-order valence-corrected chi connectivity index (χ0v) is 14.7. The number of nitrogens with zero attached hydrogens (tertiary/aromatic N) is 1. The van der Waals surface area contributed by atoms with Gasteiger partial charge in [0.05, 0.1) is 44.7 Å². The Balaban J connectivity index is 2.08. The van der Waals surface area contributed by atoms with Crippen molar-refractivity contribution < 1.29 is 23.8 Å². The lowest BCUT2D eigenvalue weighted by Gasteiger charge is -2.29.